The van der Waals surface area contributed by atoms with Crippen molar-refractivity contribution in [2.24, 2.45) is 0 Å². The van der Waals surface area contributed by atoms with Gasteiger partial charge >= 0.3 is 17.8 Å². The van der Waals surface area contributed by atoms with Crippen molar-refractivity contribution >= 4 is 33.1 Å². The lowest BCUT2D eigenvalue weighted by atomic mass is 10.1. The summed E-state index contributed by atoms with van der Waals surface area (Å²) < 4.78 is 73.3. The van der Waals surface area contributed by atoms with Crippen LogP contribution in [0, 0.1) is 5.82 Å². The van der Waals surface area contributed by atoms with Crippen LogP contribution in [-0.4, -0.2) is 56.2 Å². The highest BCUT2D eigenvalue weighted by Gasteiger charge is 2.34. The standard InChI is InChI=1S/C14H12ClF3N4O5S/c1-22(28(24,25)12(17)18)9-7(4-6(15)5-8(9)16)10(23)11-19-13(26-2)21-14(20-11)27-3/h4-5,12H,1-3H3. The minimum atomic E-state index is -5.27. The Hall–Kier alpha value is -2.67. The van der Waals surface area contributed by atoms with E-state index in [4.69, 9.17) is 21.1 Å². The van der Waals surface area contributed by atoms with E-state index in [1.165, 1.54) is 14.2 Å². The van der Waals surface area contributed by atoms with Gasteiger partial charge in [-0.25, -0.2) is 12.8 Å². The van der Waals surface area contributed by atoms with Gasteiger partial charge in [0.25, 0.3) is 10.0 Å². The van der Waals surface area contributed by atoms with Crippen LogP contribution in [0.15, 0.2) is 12.1 Å². The van der Waals surface area contributed by atoms with Gasteiger partial charge in [0.1, 0.15) is 5.82 Å². The fraction of sp³-hybridized carbons (Fsp3) is 0.286. The molecule has 0 N–H and O–H groups in total. The van der Waals surface area contributed by atoms with Gasteiger partial charge in [0.2, 0.25) is 11.6 Å². The molecule has 0 unspecified atom stereocenters. The predicted octanol–water partition coefficient (Wildman–Crippen LogP) is 1.90. The maximum absolute atomic E-state index is 14.4. The number of hydrogen-bond acceptors (Lipinski definition) is 8. The summed E-state index contributed by atoms with van der Waals surface area (Å²) in [6.45, 7) is 0. The number of benzene rings is 1. The van der Waals surface area contributed by atoms with Crippen LogP contribution in [0.4, 0.5) is 18.9 Å². The smallest absolute Gasteiger partial charge is 0.355 e. The number of anilines is 1. The van der Waals surface area contributed by atoms with Gasteiger partial charge in [0, 0.05) is 12.1 Å². The molecule has 28 heavy (non-hydrogen) atoms. The molecule has 0 spiro atoms. The highest BCUT2D eigenvalue weighted by molar-refractivity contribution is 7.93. The number of carbonyl (C=O) groups is 1. The molecule has 0 radical (unpaired) electrons. The molecule has 1 aromatic heterocycles. The van der Waals surface area contributed by atoms with E-state index in [2.05, 4.69) is 15.0 Å². The van der Waals surface area contributed by atoms with Crippen molar-refractivity contribution in [1.29, 1.82) is 0 Å². The van der Waals surface area contributed by atoms with Crippen LogP contribution in [-0.2, 0) is 10.0 Å². The Balaban J connectivity index is 2.71. The second-order valence-electron chi connectivity index (χ2n) is 5.02. The normalized spacial score (nSPS) is 11.4. The zero-order valence-electron chi connectivity index (χ0n) is 14.5. The number of nitrogens with zero attached hydrogens (tertiary/aromatic N) is 4. The van der Waals surface area contributed by atoms with Crippen LogP contribution in [0.2, 0.25) is 5.02 Å². The first-order chi connectivity index (χ1) is 13.0. The first-order valence-corrected chi connectivity index (χ1v) is 9.04. The van der Waals surface area contributed by atoms with E-state index in [0.29, 0.717) is 13.1 Å². The first kappa shape index (κ1) is 21.6. The van der Waals surface area contributed by atoms with Crippen LogP contribution in [0.25, 0.3) is 0 Å². The summed E-state index contributed by atoms with van der Waals surface area (Å²) in [6.07, 6.45) is 0. The lowest BCUT2D eigenvalue weighted by Crippen LogP contribution is -2.34. The summed E-state index contributed by atoms with van der Waals surface area (Å²) in [5, 5.41) is -0.291. The maximum atomic E-state index is 14.4. The summed E-state index contributed by atoms with van der Waals surface area (Å²) in [5.41, 5.74) is -1.62. The van der Waals surface area contributed by atoms with Gasteiger partial charge in [-0.3, -0.25) is 9.10 Å². The molecule has 0 aliphatic carbocycles. The van der Waals surface area contributed by atoms with E-state index >= 15 is 0 Å². The van der Waals surface area contributed by atoms with Crippen LogP contribution in [0.3, 0.4) is 0 Å². The highest BCUT2D eigenvalue weighted by Crippen LogP contribution is 2.32. The molecular formula is C14H12ClF3N4O5S. The highest BCUT2D eigenvalue weighted by atomic mass is 35.5. The quantitative estimate of drug-likeness (QED) is 0.600. The van der Waals surface area contributed by atoms with Gasteiger partial charge in [-0.2, -0.15) is 18.7 Å². The summed E-state index contributed by atoms with van der Waals surface area (Å²) in [4.78, 5) is 23.8. The molecule has 0 atom stereocenters. The average Bonchev–Trinajstić information content (AvgIpc) is 2.65. The van der Waals surface area contributed by atoms with Crippen molar-refractivity contribution in [3.8, 4) is 12.0 Å². The Kier molecular flexibility index (Phi) is 6.29. The summed E-state index contributed by atoms with van der Waals surface area (Å²) in [5.74, 6) is -6.93. The Morgan fingerprint density at radius 3 is 2.14 bits per heavy atom. The molecule has 0 saturated heterocycles. The number of alkyl halides is 2. The molecule has 2 rings (SSSR count). The Labute approximate surface area is 162 Å². The molecule has 0 fully saturated rings. The predicted molar refractivity (Wildman–Crippen MR) is 91.1 cm³/mol. The van der Waals surface area contributed by atoms with E-state index < -0.39 is 44.5 Å². The van der Waals surface area contributed by atoms with Crippen molar-refractivity contribution in [3.63, 3.8) is 0 Å². The van der Waals surface area contributed by atoms with Crippen LogP contribution < -0.4 is 13.8 Å². The zero-order chi connectivity index (χ0) is 21.2. The fourth-order valence-electron chi connectivity index (χ4n) is 2.05. The lowest BCUT2D eigenvalue weighted by molar-refractivity contribution is 0.102. The Bertz CT molecular complexity index is 1000. The minimum absolute atomic E-state index is 0.0494. The number of sulfonamides is 1. The Morgan fingerprint density at radius 2 is 1.68 bits per heavy atom. The topological polar surface area (TPSA) is 112 Å². The SMILES string of the molecule is COc1nc(OC)nc(C(=O)c2cc(Cl)cc(F)c2N(C)S(=O)(=O)C(F)F)n1. The van der Waals surface area contributed by atoms with E-state index in [9.17, 15) is 26.4 Å². The molecule has 14 heteroatoms. The van der Waals surface area contributed by atoms with Crippen molar-refractivity contribution in [2.45, 2.75) is 5.76 Å². The molecule has 0 saturated carbocycles. The largest absolute Gasteiger partial charge is 0.467 e. The summed E-state index contributed by atoms with van der Waals surface area (Å²) in [7, 11) is -2.22. The molecular weight excluding hydrogens is 429 g/mol. The molecule has 9 nitrogen and oxygen atoms in total. The number of halogens is 4. The molecule has 1 heterocycles. The van der Waals surface area contributed by atoms with Crippen molar-refractivity contribution in [1.82, 2.24) is 15.0 Å². The van der Waals surface area contributed by atoms with E-state index in [0.717, 1.165) is 6.07 Å². The van der Waals surface area contributed by atoms with Gasteiger partial charge in [0.05, 0.1) is 25.5 Å². The number of ether oxygens (including phenoxy) is 2. The van der Waals surface area contributed by atoms with Crippen LogP contribution in [0.5, 0.6) is 12.0 Å². The first-order valence-electron chi connectivity index (χ1n) is 7.16. The van der Waals surface area contributed by atoms with Gasteiger partial charge < -0.3 is 9.47 Å². The van der Waals surface area contributed by atoms with Crippen molar-refractivity contribution in [2.75, 3.05) is 25.6 Å². The van der Waals surface area contributed by atoms with Gasteiger partial charge in [-0.05, 0) is 12.1 Å². The van der Waals surface area contributed by atoms with Crippen molar-refractivity contribution in [3.05, 3.63) is 34.4 Å². The van der Waals surface area contributed by atoms with E-state index in [-0.39, 0.29) is 21.3 Å². The summed E-state index contributed by atoms with van der Waals surface area (Å²) in [6, 6.07) is 0.906. The van der Waals surface area contributed by atoms with Gasteiger partial charge in [-0.1, -0.05) is 11.6 Å². The van der Waals surface area contributed by atoms with Gasteiger partial charge in [0.15, 0.2) is 0 Å². The van der Waals surface area contributed by atoms with Crippen molar-refractivity contribution < 1.29 is 35.9 Å². The van der Waals surface area contributed by atoms with Gasteiger partial charge in [-0.15, -0.1) is 4.98 Å². The lowest BCUT2D eigenvalue weighted by Gasteiger charge is -2.22. The van der Waals surface area contributed by atoms with Crippen LogP contribution >= 0.6 is 11.6 Å². The number of methoxy groups -OCH3 is 2. The number of aromatic nitrogens is 3. The molecule has 0 bridgehead atoms. The fourth-order valence-corrected chi connectivity index (χ4v) is 2.93. The zero-order valence-corrected chi connectivity index (χ0v) is 16.1. The second kappa shape index (κ2) is 8.14. The van der Waals surface area contributed by atoms with E-state index in [1.54, 1.807) is 0 Å². The molecule has 0 aliphatic rings. The Morgan fingerprint density at radius 1 is 1.14 bits per heavy atom. The molecule has 0 amide bonds. The third-order valence-corrected chi connectivity index (χ3v) is 4.97. The second-order valence-corrected chi connectivity index (χ2v) is 7.39. The third-order valence-electron chi connectivity index (χ3n) is 3.36. The minimum Gasteiger partial charge on any atom is -0.467 e. The number of ketones is 1. The molecule has 0 aliphatic heterocycles. The maximum Gasteiger partial charge on any atom is 0.355 e. The number of carbonyl (C=O) groups excluding carboxylic acids is 1. The molecule has 2 aromatic rings. The molecule has 1 aromatic carbocycles. The monoisotopic (exact) mass is 440 g/mol. The number of hydrogen-bond donors (Lipinski definition) is 0. The van der Waals surface area contributed by atoms with Crippen LogP contribution in [0.1, 0.15) is 16.2 Å². The third kappa shape index (κ3) is 4.09. The van der Waals surface area contributed by atoms with E-state index in [1.807, 2.05) is 0 Å². The number of rotatable bonds is 7. The summed E-state index contributed by atoms with van der Waals surface area (Å²) >= 11 is 5.74. The molecule has 152 valence electrons. The average molecular weight is 441 g/mol.